The zero-order valence-corrected chi connectivity index (χ0v) is 21.8. The van der Waals surface area contributed by atoms with Crippen LogP contribution in [-0.4, -0.2) is 47.0 Å². The lowest BCUT2D eigenvalue weighted by Crippen LogP contribution is -2.49. The quantitative estimate of drug-likeness (QED) is 0.351. The van der Waals surface area contributed by atoms with Gasteiger partial charge in [-0.25, -0.2) is 9.97 Å². The maximum atomic E-state index is 13.2. The van der Waals surface area contributed by atoms with E-state index in [1.54, 1.807) is 11.3 Å². The van der Waals surface area contributed by atoms with E-state index in [2.05, 4.69) is 78.2 Å². The van der Waals surface area contributed by atoms with Gasteiger partial charge in [-0.1, -0.05) is 60.7 Å². The van der Waals surface area contributed by atoms with E-state index in [0.717, 1.165) is 61.9 Å². The van der Waals surface area contributed by atoms with Gasteiger partial charge in [-0.05, 0) is 49.3 Å². The zero-order valence-electron chi connectivity index (χ0n) is 21.0. The molecule has 1 saturated heterocycles. The predicted octanol–water partition coefficient (Wildman–Crippen LogP) is 5.55. The summed E-state index contributed by atoms with van der Waals surface area (Å²) in [5.41, 5.74) is 3.88. The van der Waals surface area contributed by atoms with Crippen molar-refractivity contribution >= 4 is 33.3 Å². The first kappa shape index (κ1) is 23.2. The standard InChI is InChI=1S/C30H32N4OS/c1-20-21(2)36-29-27(20)28(31-26(32-29)14-13-22-9-5-3-6-10-22)33-15-17-34(18-16-33)30(35)25-19-24(25)23-11-7-4-8-12-23/h3-12,24-25H,13-19H2,1-2H3/t24-,25?/m0/s1. The molecule has 2 aromatic carbocycles. The normalized spacial score (nSPS) is 19.6. The van der Waals surface area contributed by atoms with Crippen LogP contribution in [0.25, 0.3) is 10.2 Å². The van der Waals surface area contributed by atoms with Gasteiger partial charge in [0.1, 0.15) is 16.5 Å². The second-order valence-corrected chi connectivity index (χ2v) is 11.3. The summed E-state index contributed by atoms with van der Waals surface area (Å²) in [5, 5.41) is 1.19. The molecule has 1 saturated carbocycles. The molecular weight excluding hydrogens is 464 g/mol. The molecule has 4 aromatic rings. The molecule has 0 bridgehead atoms. The molecule has 6 heteroatoms. The summed E-state index contributed by atoms with van der Waals surface area (Å²) in [6, 6.07) is 21.0. The Morgan fingerprint density at radius 2 is 1.61 bits per heavy atom. The second kappa shape index (κ2) is 9.66. The van der Waals surface area contributed by atoms with Crippen LogP contribution in [-0.2, 0) is 17.6 Å². The molecule has 1 aliphatic carbocycles. The van der Waals surface area contributed by atoms with Crippen LogP contribution >= 0.6 is 11.3 Å². The summed E-state index contributed by atoms with van der Waals surface area (Å²) >= 11 is 1.77. The molecule has 0 spiro atoms. The van der Waals surface area contributed by atoms with Crippen molar-refractivity contribution in [3.05, 3.63) is 88.1 Å². The zero-order chi connectivity index (χ0) is 24.6. The van der Waals surface area contributed by atoms with Crippen LogP contribution in [0, 0.1) is 19.8 Å². The maximum Gasteiger partial charge on any atom is 0.226 e. The van der Waals surface area contributed by atoms with Gasteiger partial charge in [0.15, 0.2) is 0 Å². The smallest absolute Gasteiger partial charge is 0.226 e. The third-order valence-electron chi connectivity index (χ3n) is 7.76. The van der Waals surface area contributed by atoms with E-state index in [1.165, 1.54) is 27.0 Å². The number of carbonyl (C=O) groups is 1. The van der Waals surface area contributed by atoms with Crippen molar-refractivity contribution in [2.45, 2.75) is 39.0 Å². The largest absolute Gasteiger partial charge is 0.352 e. The number of piperazine rings is 1. The number of hydrogen-bond donors (Lipinski definition) is 0. The number of hydrogen-bond acceptors (Lipinski definition) is 5. The van der Waals surface area contributed by atoms with E-state index in [1.807, 2.05) is 6.07 Å². The highest BCUT2D eigenvalue weighted by Crippen LogP contribution is 2.48. The van der Waals surface area contributed by atoms with Gasteiger partial charge in [0.25, 0.3) is 0 Å². The number of carbonyl (C=O) groups excluding carboxylic acids is 1. The van der Waals surface area contributed by atoms with Gasteiger partial charge < -0.3 is 9.80 Å². The lowest BCUT2D eigenvalue weighted by Gasteiger charge is -2.36. The third-order valence-corrected chi connectivity index (χ3v) is 8.86. The maximum absolute atomic E-state index is 13.2. The third kappa shape index (κ3) is 4.50. The molecule has 2 aliphatic rings. The number of aryl methyl sites for hydroxylation is 4. The Kier molecular flexibility index (Phi) is 6.22. The molecule has 0 N–H and O–H groups in total. The second-order valence-electron chi connectivity index (χ2n) is 10.1. The lowest BCUT2D eigenvalue weighted by molar-refractivity contribution is -0.133. The first-order valence-electron chi connectivity index (χ1n) is 13.0. The number of rotatable bonds is 6. The fourth-order valence-electron chi connectivity index (χ4n) is 5.42. The van der Waals surface area contributed by atoms with Crippen molar-refractivity contribution in [2.75, 3.05) is 31.1 Å². The minimum atomic E-state index is 0.149. The van der Waals surface area contributed by atoms with Gasteiger partial charge in [-0.2, -0.15) is 0 Å². The Morgan fingerprint density at radius 1 is 0.917 bits per heavy atom. The lowest BCUT2D eigenvalue weighted by atomic mass is 10.1. The summed E-state index contributed by atoms with van der Waals surface area (Å²) < 4.78 is 0. The fourth-order valence-corrected chi connectivity index (χ4v) is 6.47. The molecular formula is C30H32N4OS. The van der Waals surface area contributed by atoms with Crippen LogP contribution in [0.4, 0.5) is 5.82 Å². The van der Waals surface area contributed by atoms with Gasteiger partial charge >= 0.3 is 0 Å². The van der Waals surface area contributed by atoms with E-state index in [-0.39, 0.29) is 5.92 Å². The number of nitrogens with zero attached hydrogens (tertiary/aromatic N) is 4. The molecule has 36 heavy (non-hydrogen) atoms. The fraction of sp³-hybridized carbons (Fsp3) is 0.367. The van der Waals surface area contributed by atoms with Gasteiger partial charge in [0.05, 0.1) is 5.39 Å². The first-order chi connectivity index (χ1) is 17.6. The van der Waals surface area contributed by atoms with Gasteiger partial charge in [-0.3, -0.25) is 4.79 Å². The monoisotopic (exact) mass is 496 g/mol. The van der Waals surface area contributed by atoms with Crippen LogP contribution in [0.3, 0.4) is 0 Å². The molecule has 3 heterocycles. The molecule has 0 radical (unpaired) electrons. The van der Waals surface area contributed by atoms with E-state index in [4.69, 9.17) is 9.97 Å². The van der Waals surface area contributed by atoms with E-state index in [0.29, 0.717) is 11.8 Å². The highest BCUT2D eigenvalue weighted by atomic mass is 32.1. The Bertz CT molecular complexity index is 1380. The number of amides is 1. The van der Waals surface area contributed by atoms with Crippen LogP contribution in [0.15, 0.2) is 60.7 Å². The molecule has 1 unspecified atom stereocenters. The van der Waals surface area contributed by atoms with E-state index in [9.17, 15) is 4.79 Å². The van der Waals surface area contributed by atoms with Gasteiger partial charge in [0.2, 0.25) is 5.91 Å². The molecule has 2 aromatic heterocycles. The van der Waals surface area contributed by atoms with Crippen molar-refractivity contribution < 1.29 is 4.79 Å². The van der Waals surface area contributed by atoms with Crippen LogP contribution in [0.1, 0.15) is 39.7 Å². The Labute approximate surface area is 216 Å². The molecule has 2 atom stereocenters. The van der Waals surface area contributed by atoms with Crippen LogP contribution in [0.5, 0.6) is 0 Å². The Morgan fingerprint density at radius 3 is 2.33 bits per heavy atom. The molecule has 1 aliphatic heterocycles. The van der Waals surface area contributed by atoms with Crippen molar-refractivity contribution in [3.8, 4) is 0 Å². The average molecular weight is 497 g/mol. The SMILES string of the molecule is Cc1sc2nc(CCc3ccccc3)nc(N3CCN(C(=O)C4C[C@H]4c4ccccc4)CC3)c2c1C. The number of anilines is 1. The minimum Gasteiger partial charge on any atom is -0.352 e. The number of benzene rings is 2. The summed E-state index contributed by atoms with van der Waals surface area (Å²) in [5.74, 6) is 2.82. The van der Waals surface area contributed by atoms with Gasteiger partial charge in [0, 0.05) is 43.4 Å². The molecule has 2 fully saturated rings. The summed E-state index contributed by atoms with van der Waals surface area (Å²) in [7, 11) is 0. The van der Waals surface area contributed by atoms with Crippen molar-refractivity contribution in [1.29, 1.82) is 0 Å². The summed E-state index contributed by atoms with van der Waals surface area (Å²) in [6.07, 6.45) is 2.74. The Balaban J connectivity index is 1.17. The highest BCUT2D eigenvalue weighted by molar-refractivity contribution is 7.18. The first-order valence-corrected chi connectivity index (χ1v) is 13.8. The average Bonchev–Trinajstić information content (AvgIpc) is 3.68. The number of fused-ring (bicyclic) bond motifs is 1. The number of aromatic nitrogens is 2. The highest BCUT2D eigenvalue weighted by Gasteiger charge is 2.46. The van der Waals surface area contributed by atoms with Crippen LogP contribution in [0.2, 0.25) is 0 Å². The van der Waals surface area contributed by atoms with E-state index < -0.39 is 0 Å². The molecule has 5 nitrogen and oxygen atoms in total. The Hall–Kier alpha value is -3.25. The molecule has 6 rings (SSSR count). The summed E-state index contributed by atoms with van der Waals surface area (Å²) in [4.78, 5) is 30.1. The molecule has 184 valence electrons. The van der Waals surface area contributed by atoms with Gasteiger partial charge in [-0.15, -0.1) is 11.3 Å². The molecule has 1 amide bonds. The topological polar surface area (TPSA) is 49.3 Å². The summed E-state index contributed by atoms with van der Waals surface area (Å²) in [6.45, 7) is 7.49. The van der Waals surface area contributed by atoms with E-state index >= 15 is 0 Å². The van der Waals surface area contributed by atoms with Crippen molar-refractivity contribution in [2.24, 2.45) is 5.92 Å². The number of thiophene rings is 1. The minimum absolute atomic E-state index is 0.149. The van der Waals surface area contributed by atoms with Crippen molar-refractivity contribution in [1.82, 2.24) is 14.9 Å². The van der Waals surface area contributed by atoms with Crippen molar-refractivity contribution in [3.63, 3.8) is 0 Å². The van der Waals surface area contributed by atoms with Crippen LogP contribution < -0.4 is 4.90 Å². The predicted molar refractivity (Wildman–Crippen MR) is 147 cm³/mol.